The molecule has 2 N–H and O–H groups in total. The number of nitrogens with zero attached hydrogens (tertiary/aromatic N) is 1. The molecule has 4 heteroatoms. The predicted molar refractivity (Wildman–Crippen MR) is 85.4 cm³/mol. The first-order valence-electron chi connectivity index (χ1n) is 7.39. The zero-order valence-corrected chi connectivity index (χ0v) is 13.6. The predicted octanol–water partition coefficient (Wildman–Crippen LogP) is 2.97. The Bertz CT molecular complexity index is 464. The Balaban J connectivity index is 2.04. The van der Waals surface area contributed by atoms with E-state index in [4.69, 9.17) is 5.73 Å². The van der Waals surface area contributed by atoms with Crippen molar-refractivity contribution in [3.63, 3.8) is 0 Å². The van der Waals surface area contributed by atoms with Crippen molar-refractivity contribution in [2.75, 3.05) is 13.1 Å². The molecule has 3 nitrogen and oxygen atoms in total. The molecule has 20 heavy (non-hydrogen) atoms. The van der Waals surface area contributed by atoms with Crippen LogP contribution in [0.4, 0.5) is 0 Å². The highest BCUT2D eigenvalue weighted by Crippen LogP contribution is 2.23. The van der Waals surface area contributed by atoms with Crippen molar-refractivity contribution in [1.82, 2.24) is 4.90 Å². The van der Waals surface area contributed by atoms with Crippen LogP contribution in [0.15, 0.2) is 28.7 Å². The lowest BCUT2D eigenvalue weighted by molar-refractivity contribution is -0.136. The molecule has 0 saturated carbocycles. The average Bonchev–Trinajstić information content (AvgIpc) is 2.46. The van der Waals surface area contributed by atoms with E-state index in [2.05, 4.69) is 28.9 Å². The number of hydrogen-bond acceptors (Lipinski definition) is 2. The van der Waals surface area contributed by atoms with Crippen molar-refractivity contribution in [2.24, 2.45) is 11.7 Å². The topological polar surface area (TPSA) is 46.3 Å². The van der Waals surface area contributed by atoms with E-state index in [9.17, 15) is 4.79 Å². The summed E-state index contributed by atoms with van der Waals surface area (Å²) < 4.78 is 1.08. The molecule has 0 spiro atoms. The summed E-state index contributed by atoms with van der Waals surface area (Å²) in [5.74, 6) is 0.317. The Hall–Kier alpha value is -0.870. The number of benzene rings is 1. The molecule has 1 saturated heterocycles. The van der Waals surface area contributed by atoms with Gasteiger partial charge in [0.25, 0.3) is 0 Å². The molecule has 0 aliphatic carbocycles. The van der Waals surface area contributed by atoms with Gasteiger partial charge in [-0.2, -0.15) is 0 Å². The van der Waals surface area contributed by atoms with Crippen LogP contribution >= 0.6 is 15.9 Å². The van der Waals surface area contributed by atoms with Crippen molar-refractivity contribution >= 4 is 21.8 Å². The maximum atomic E-state index is 12.6. The van der Waals surface area contributed by atoms with Gasteiger partial charge in [-0.1, -0.05) is 41.1 Å². The Morgan fingerprint density at radius 1 is 1.50 bits per heavy atom. The number of halogens is 1. The number of carbonyl (C=O) groups is 1. The van der Waals surface area contributed by atoms with Crippen LogP contribution in [0.2, 0.25) is 0 Å². The molecule has 1 aliphatic heterocycles. The molecule has 1 aromatic rings. The fraction of sp³-hybridized carbons (Fsp3) is 0.562. The molecule has 2 rings (SSSR count). The average molecular weight is 339 g/mol. The van der Waals surface area contributed by atoms with E-state index in [1.807, 2.05) is 23.1 Å². The lowest BCUT2D eigenvalue weighted by atomic mass is 9.94. The quantitative estimate of drug-likeness (QED) is 0.917. The second kappa shape index (κ2) is 7.23. The molecule has 0 radical (unpaired) electrons. The van der Waals surface area contributed by atoms with E-state index in [1.165, 1.54) is 5.56 Å². The molecule has 110 valence electrons. The normalized spacial score (nSPS) is 20.8. The third-order valence-electron chi connectivity index (χ3n) is 4.04. The number of carbonyl (C=O) groups excluding carboxylic acids is 1. The van der Waals surface area contributed by atoms with Crippen molar-refractivity contribution in [3.05, 3.63) is 34.3 Å². The van der Waals surface area contributed by atoms with E-state index in [0.717, 1.165) is 36.7 Å². The Labute approximate surface area is 129 Å². The van der Waals surface area contributed by atoms with Gasteiger partial charge >= 0.3 is 0 Å². The number of hydrogen-bond donors (Lipinski definition) is 1. The van der Waals surface area contributed by atoms with Gasteiger partial charge in [-0.3, -0.25) is 4.79 Å². The smallest absolute Gasteiger partial charge is 0.226 e. The molecule has 1 aliphatic rings. The Morgan fingerprint density at radius 3 is 2.90 bits per heavy atom. The minimum atomic E-state index is 0.0546. The van der Waals surface area contributed by atoms with Gasteiger partial charge in [0.15, 0.2) is 0 Å². The largest absolute Gasteiger partial charge is 0.341 e. The second-order valence-corrected chi connectivity index (χ2v) is 6.44. The molecular formula is C16H23BrN2O. The van der Waals surface area contributed by atoms with Crippen LogP contribution < -0.4 is 5.73 Å². The maximum absolute atomic E-state index is 12.6. The second-order valence-electron chi connectivity index (χ2n) is 5.59. The molecule has 1 fully saturated rings. The summed E-state index contributed by atoms with van der Waals surface area (Å²) in [6, 6.07) is 8.29. The minimum Gasteiger partial charge on any atom is -0.341 e. The first kappa shape index (κ1) is 15.5. The van der Waals surface area contributed by atoms with E-state index in [1.54, 1.807) is 0 Å². The molecule has 1 heterocycles. The van der Waals surface area contributed by atoms with Crippen molar-refractivity contribution in [3.8, 4) is 0 Å². The monoisotopic (exact) mass is 338 g/mol. The van der Waals surface area contributed by atoms with Crippen LogP contribution in [0.3, 0.4) is 0 Å². The van der Waals surface area contributed by atoms with Gasteiger partial charge in [0.1, 0.15) is 0 Å². The SMILES string of the molecule is CC[C@H](Cc1ccccc1Br)C(=O)N1CCC[C@@H](N)C1. The molecule has 0 aromatic heterocycles. The summed E-state index contributed by atoms with van der Waals surface area (Å²) in [5, 5.41) is 0. The summed E-state index contributed by atoms with van der Waals surface area (Å²) in [6.07, 6.45) is 3.72. The maximum Gasteiger partial charge on any atom is 0.226 e. The summed E-state index contributed by atoms with van der Waals surface area (Å²) >= 11 is 3.56. The van der Waals surface area contributed by atoms with Crippen LogP contribution in [0.25, 0.3) is 0 Å². The third kappa shape index (κ3) is 3.83. The van der Waals surface area contributed by atoms with Gasteiger partial charge in [-0.25, -0.2) is 0 Å². The van der Waals surface area contributed by atoms with Crippen molar-refractivity contribution in [1.29, 1.82) is 0 Å². The van der Waals surface area contributed by atoms with Gasteiger partial charge in [-0.15, -0.1) is 0 Å². The number of nitrogens with two attached hydrogens (primary N) is 1. The lowest BCUT2D eigenvalue weighted by Crippen LogP contribution is -2.48. The first-order valence-corrected chi connectivity index (χ1v) is 8.19. The standard InChI is InChI=1S/C16H23BrN2O/c1-2-12(10-13-6-3-4-8-15(13)17)16(20)19-9-5-7-14(18)11-19/h3-4,6,8,12,14H,2,5,7,9-11,18H2,1H3/t12-,14-/m1/s1. The molecule has 1 aromatic carbocycles. The van der Waals surface area contributed by atoms with Gasteiger partial charge in [0.05, 0.1) is 0 Å². The molecule has 1 amide bonds. The summed E-state index contributed by atoms with van der Waals surface area (Å²) in [5.41, 5.74) is 7.18. The third-order valence-corrected chi connectivity index (χ3v) is 4.81. The Morgan fingerprint density at radius 2 is 2.25 bits per heavy atom. The molecular weight excluding hydrogens is 316 g/mol. The van der Waals surface area contributed by atoms with Gasteiger partial charge in [-0.05, 0) is 37.3 Å². The fourth-order valence-corrected chi connectivity index (χ4v) is 3.25. The van der Waals surface area contributed by atoms with Crippen LogP contribution in [0.1, 0.15) is 31.7 Å². The van der Waals surface area contributed by atoms with E-state index in [0.29, 0.717) is 6.54 Å². The summed E-state index contributed by atoms with van der Waals surface area (Å²) in [4.78, 5) is 14.6. The number of likely N-dealkylation sites (tertiary alicyclic amines) is 1. The van der Waals surface area contributed by atoms with Crippen molar-refractivity contribution < 1.29 is 4.79 Å². The Kier molecular flexibility index (Phi) is 5.61. The van der Waals surface area contributed by atoms with Crippen molar-refractivity contribution in [2.45, 2.75) is 38.6 Å². The number of rotatable bonds is 4. The highest BCUT2D eigenvalue weighted by molar-refractivity contribution is 9.10. The minimum absolute atomic E-state index is 0.0546. The highest BCUT2D eigenvalue weighted by atomic mass is 79.9. The van der Waals surface area contributed by atoms with E-state index < -0.39 is 0 Å². The highest BCUT2D eigenvalue weighted by Gasteiger charge is 2.27. The van der Waals surface area contributed by atoms with Crippen LogP contribution in [0, 0.1) is 5.92 Å². The number of amides is 1. The van der Waals surface area contributed by atoms with Crippen LogP contribution in [-0.4, -0.2) is 29.9 Å². The zero-order valence-electron chi connectivity index (χ0n) is 12.0. The summed E-state index contributed by atoms with van der Waals surface area (Å²) in [6.45, 7) is 3.66. The molecule has 2 atom stereocenters. The number of piperidine rings is 1. The fourth-order valence-electron chi connectivity index (χ4n) is 2.80. The van der Waals surface area contributed by atoms with E-state index in [-0.39, 0.29) is 17.9 Å². The van der Waals surface area contributed by atoms with E-state index >= 15 is 0 Å². The van der Waals surface area contributed by atoms with Crippen LogP contribution in [-0.2, 0) is 11.2 Å². The van der Waals surface area contributed by atoms with Gasteiger partial charge < -0.3 is 10.6 Å². The first-order chi connectivity index (χ1) is 9.61. The molecule has 0 bridgehead atoms. The summed E-state index contributed by atoms with van der Waals surface area (Å²) in [7, 11) is 0. The molecule has 0 unspecified atom stereocenters. The van der Waals surface area contributed by atoms with Gasteiger partial charge in [0.2, 0.25) is 5.91 Å². The van der Waals surface area contributed by atoms with Crippen LogP contribution in [0.5, 0.6) is 0 Å². The van der Waals surface area contributed by atoms with Gasteiger partial charge in [0, 0.05) is 29.5 Å². The lowest BCUT2D eigenvalue weighted by Gasteiger charge is -2.33. The zero-order chi connectivity index (χ0) is 14.5.